The summed E-state index contributed by atoms with van der Waals surface area (Å²) in [5.74, 6) is -1.79. The predicted octanol–water partition coefficient (Wildman–Crippen LogP) is 4.80. The van der Waals surface area contributed by atoms with Crippen molar-refractivity contribution in [2.45, 2.75) is 45.6 Å². The summed E-state index contributed by atoms with van der Waals surface area (Å²) in [6.45, 7) is 1.96. The number of carboxylic acids is 1. The van der Waals surface area contributed by atoms with E-state index in [0.29, 0.717) is 30.4 Å². The summed E-state index contributed by atoms with van der Waals surface area (Å²) in [4.78, 5) is 37.0. The number of aryl methyl sites for hydroxylation is 1. The zero-order valence-electron chi connectivity index (χ0n) is 20.0. The maximum Gasteiger partial charge on any atom is 0.335 e. The minimum Gasteiger partial charge on any atom is -0.478 e. The van der Waals surface area contributed by atoms with E-state index < -0.39 is 11.9 Å². The Kier molecular flexibility index (Phi) is 7.34. The van der Waals surface area contributed by atoms with Gasteiger partial charge in [-0.15, -0.1) is 0 Å². The van der Waals surface area contributed by atoms with Gasteiger partial charge in [-0.05, 0) is 62.3 Å². The number of benzene rings is 2. The minimum absolute atomic E-state index is 0.0433. The molecular weight excluding hydrogens is 446 g/mol. The van der Waals surface area contributed by atoms with Gasteiger partial charge in [0.2, 0.25) is 0 Å². The monoisotopic (exact) mass is 475 g/mol. The van der Waals surface area contributed by atoms with Gasteiger partial charge in [-0.25, -0.2) is 9.59 Å². The van der Waals surface area contributed by atoms with Gasteiger partial charge in [-0.2, -0.15) is 0 Å². The molecule has 0 saturated heterocycles. The summed E-state index contributed by atoms with van der Waals surface area (Å²) in [5.41, 5.74) is 5.26. The standard InChI is InChI=1S/C28H29NO6/c1-3-35-25(30)17-29-23(15-12-18-8-5-4-6-9-18)26(20-10-7-11-21(20)28(33)34-2)22-14-13-19(27(31)32)16-24(22)29/h4-6,8-9,13-14,16H,3,7,10-12,15,17H2,1-2H3,(H,31,32). The molecule has 0 fully saturated rings. The van der Waals surface area contributed by atoms with Crippen LogP contribution in [0.3, 0.4) is 0 Å². The smallest absolute Gasteiger partial charge is 0.335 e. The molecule has 1 N–H and O–H groups in total. The number of carboxylic acid groups (broad SMARTS) is 1. The van der Waals surface area contributed by atoms with Crippen molar-refractivity contribution in [3.05, 3.63) is 76.5 Å². The number of fused-ring (bicyclic) bond motifs is 1. The summed E-state index contributed by atoms with van der Waals surface area (Å²) < 4.78 is 12.2. The highest BCUT2D eigenvalue weighted by Crippen LogP contribution is 2.42. The number of carbonyl (C=O) groups is 3. The molecule has 0 unspecified atom stereocenters. The van der Waals surface area contributed by atoms with E-state index in [1.807, 2.05) is 22.8 Å². The number of methoxy groups -OCH3 is 1. The van der Waals surface area contributed by atoms with Crippen molar-refractivity contribution in [2.24, 2.45) is 0 Å². The Morgan fingerprint density at radius 2 is 1.80 bits per heavy atom. The first-order valence-electron chi connectivity index (χ1n) is 11.8. The van der Waals surface area contributed by atoms with E-state index in [4.69, 9.17) is 9.47 Å². The van der Waals surface area contributed by atoms with Crippen LogP contribution in [0.15, 0.2) is 54.1 Å². The molecule has 7 nitrogen and oxygen atoms in total. The number of allylic oxidation sites excluding steroid dienone is 1. The fraction of sp³-hybridized carbons (Fsp3) is 0.321. The second-order valence-electron chi connectivity index (χ2n) is 8.54. The Balaban J connectivity index is 1.96. The predicted molar refractivity (Wildman–Crippen MR) is 132 cm³/mol. The van der Waals surface area contributed by atoms with Crippen LogP contribution in [0.1, 0.15) is 53.4 Å². The number of aromatic carboxylic acids is 1. The van der Waals surface area contributed by atoms with Crippen LogP contribution < -0.4 is 0 Å². The van der Waals surface area contributed by atoms with Crippen molar-refractivity contribution >= 4 is 34.4 Å². The molecule has 0 atom stereocenters. The van der Waals surface area contributed by atoms with E-state index in [9.17, 15) is 19.5 Å². The summed E-state index contributed by atoms with van der Waals surface area (Å²) in [5, 5.41) is 10.4. The molecule has 0 saturated carbocycles. The van der Waals surface area contributed by atoms with Crippen LogP contribution >= 0.6 is 0 Å². The quantitative estimate of drug-likeness (QED) is 0.447. The first-order valence-corrected chi connectivity index (χ1v) is 11.8. The molecule has 0 bridgehead atoms. The fourth-order valence-electron chi connectivity index (χ4n) is 4.92. The number of esters is 2. The lowest BCUT2D eigenvalue weighted by Gasteiger charge is -2.14. The second kappa shape index (κ2) is 10.6. The average Bonchev–Trinajstić information content (AvgIpc) is 3.45. The Bertz CT molecular complexity index is 1300. The molecule has 0 spiro atoms. The number of carbonyl (C=O) groups excluding carboxylic acids is 2. The van der Waals surface area contributed by atoms with Crippen LogP contribution in [0.4, 0.5) is 0 Å². The zero-order chi connectivity index (χ0) is 24.9. The van der Waals surface area contributed by atoms with E-state index in [0.717, 1.165) is 40.6 Å². The molecule has 3 aromatic rings. The van der Waals surface area contributed by atoms with E-state index in [1.165, 1.54) is 7.11 Å². The number of hydrogen-bond donors (Lipinski definition) is 1. The van der Waals surface area contributed by atoms with Gasteiger partial charge in [0.15, 0.2) is 0 Å². The van der Waals surface area contributed by atoms with Gasteiger partial charge in [0.05, 0.1) is 24.8 Å². The van der Waals surface area contributed by atoms with Gasteiger partial charge in [-0.3, -0.25) is 4.79 Å². The summed E-state index contributed by atoms with van der Waals surface area (Å²) >= 11 is 0. The van der Waals surface area contributed by atoms with Crippen molar-refractivity contribution in [3.63, 3.8) is 0 Å². The number of ether oxygens (including phenoxy) is 2. The Morgan fingerprint density at radius 1 is 1.03 bits per heavy atom. The molecule has 7 heteroatoms. The van der Waals surface area contributed by atoms with Gasteiger partial charge in [-0.1, -0.05) is 36.4 Å². The van der Waals surface area contributed by atoms with E-state index in [2.05, 4.69) is 12.1 Å². The van der Waals surface area contributed by atoms with Crippen LogP contribution in [0.2, 0.25) is 0 Å². The zero-order valence-corrected chi connectivity index (χ0v) is 20.0. The molecule has 0 aliphatic heterocycles. The normalized spacial score (nSPS) is 13.3. The van der Waals surface area contributed by atoms with Crippen LogP contribution in [0.25, 0.3) is 16.5 Å². The van der Waals surface area contributed by atoms with Gasteiger partial charge in [0, 0.05) is 22.2 Å². The van der Waals surface area contributed by atoms with Crippen molar-refractivity contribution in [1.82, 2.24) is 4.57 Å². The highest BCUT2D eigenvalue weighted by Gasteiger charge is 2.29. The SMILES string of the molecule is CCOC(=O)Cn1c(CCc2ccccc2)c(C2=C(C(=O)OC)CCC2)c2ccc(C(=O)O)cc21. The Morgan fingerprint density at radius 3 is 2.49 bits per heavy atom. The molecule has 182 valence electrons. The number of nitrogens with zero attached hydrogens (tertiary/aromatic N) is 1. The lowest BCUT2D eigenvalue weighted by atomic mass is 9.95. The molecule has 2 aromatic carbocycles. The molecule has 4 rings (SSSR count). The average molecular weight is 476 g/mol. The van der Waals surface area contributed by atoms with Crippen molar-refractivity contribution in [1.29, 1.82) is 0 Å². The summed E-state index contributed by atoms with van der Waals surface area (Å²) in [7, 11) is 1.38. The van der Waals surface area contributed by atoms with Gasteiger partial charge in [0.1, 0.15) is 6.54 Å². The van der Waals surface area contributed by atoms with Gasteiger partial charge >= 0.3 is 17.9 Å². The first kappa shape index (κ1) is 24.3. The third-order valence-electron chi connectivity index (χ3n) is 6.46. The summed E-state index contributed by atoms with van der Waals surface area (Å²) in [6, 6.07) is 15.0. The molecule has 1 aromatic heterocycles. The van der Waals surface area contributed by atoms with Crippen LogP contribution in [-0.4, -0.2) is 41.3 Å². The van der Waals surface area contributed by atoms with Crippen molar-refractivity contribution in [3.8, 4) is 0 Å². The largest absolute Gasteiger partial charge is 0.478 e. The molecule has 0 amide bonds. The van der Waals surface area contributed by atoms with Crippen LogP contribution in [0.5, 0.6) is 0 Å². The lowest BCUT2D eigenvalue weighted by molar-refractivity contribution is -0.143. The third-order valence-corrected chi connectivity index (χ3v) is 6.46. The maximum atomic E-state index is 12.6. The molecule has 1 aliphatic rings. The van der Waals surface area contributed by atoms with Crippen molar-refractivity contribution < 1.29 is 29.0 Å². The number of aromatic nitrogens is 1. The third kappa shape index (κ3) is 4.99. The summed E-state index contributed by atoms with van der Waals surface area (Å²) in [6.07, 6.45) is 3.49. The molecule has 0 radical (unpaired) electrons. The lowest BCUT2D eigenvalue weighted by Crippen LogP contribution is -2.16. The van der Waals surface area contributed by atoms with Crippen LogP contribution in [-0.2, 0) is 38.4 Å². The van der Waals surface area contributed by atoms with Gasteiger partial charge in [0.25, 0.3) is 0 Å². The molecular formula is C28H29NO6. The molecule has 35 heavy (non-hydrogen) atoms. The topological polar surface area (TPSA) is 94.8 Å². The highest BCUT2D eigenvalue weighted by atomic mass is 16.5. The first-order chi connectivity index (χ1) is 16.9. The highest BCUT2D eigenvalue weighted by molar-refractivity contribution is 6.06. The number of rotatable bonds is 9. The van der Waals surface area contributed by atoms with Gasteiger partial charge < -0.3 is 19.1 Å². The van der Waals surface area contributed by atoms with E-state index >= 15 is 0 Å². The van der Waals surface area contributed by atoms with E-state index in [1.54, 1.807) is 25.1 Å². The number of hydrogen-bond acceptors (Lipinski definition) is 5. The molecule has 1 aliphatic carbocycles. The fourth-order valence-corrected chi connectivity index (χ4v) is 4.92. The van der Waals surface area contributed by atoms with E-state index in [-0.39, 0.29) is 24.7 Å². The Hall–Kier alpha value is -3.87. The molecule has 1 heterocycles. The second-order valence-corrected chi connectivity index (χ2v) is 8.54. The van der Waals surface area contributed by atoms with Crippen LogP contribution in [0, 0.1) is 0 Å². The van der Waals surface area contributed by atoms with Crippen molar-refractivity contribution in [2.75, 3.05) is 13.7 Å². The Labute approximate surface area is 204 Å². The minimum atomic E-state index is -1.04. The maximum absolute atomic E-state index is 12.6.